The van der Waals surface area contributed by atoms with Crippen LogP contribution in [0.25, 0.3) is 0 Å². The molecule has 4 nitrogen and oxygen atoms in total. The van der Waals surface area contributed by atoms with Crippen molar-refractivity contribution in [2.75, 3.05) is 0 Å². The molecule has 5 heteroatoms. The Kier molecular flexibility index (Phi) is 2.82. The number of carbonyl (C=O) groups excluding carboxylic acids is 2. The summed E-state index contributed by atoms with van der Waals surface area (Å²) in [5, 5.41) is 0. The van der Waals surface area contributed by atoms with Crippen LogP contribution in [0.2, 0.25) is 4.81 Å². The van der Waals surface area contributed by atoms with Gasteiger partial charge in [-0.05, 0) is 0 Å². The predicted molar refractivity (Wildman–Crippen MR) is 49.5 cm³/mol. The van der Waals surface area contributed by atoms with Gasteiger partial charge in [0.05, 0.1) is 0 Å². The zero-order valence-electron chi connectivity index (χ0n) is 7.73. The summed E-state index contributed by atoms with van der Waals surface area (Å²) >= 11 is -4.97. The predicted octanol–water partition coefficient (Wildman–Crippen LogP) is 1.77. The third kappa shape index (κ3) is 1.20. The third-order valence-electron chi connectivity index (χ3n) is 2.39. The minimum absolute atomic E-state index is 0.157. The summed E-state index contributed by atoms with van der Waals surface area (Å²) in [5.41, 5.74) is 0. The topological polar surface area (TPSA) is 63.6 Å². The molecule has 0 saturated carbocycles. The molecule has 1 rings (SSSR count). The molecule has 0 saturated heterocycles. The van der Waals surface area contributed by atoms with E-state index in [4.69, 9.17) is 0 Å². The number of nitrogens with zero attached hydrogens (tertiary/aromatic N) is 1. The van der Waals surface area contributed by atoms with Crippen molar-refractivity contribution >= 4 is 8.53 Å². The van der Waals surface area contributed by atoms with Crippen molar-refractivity contribution in [3.8, 4) is 0 Å². The average Bonchev–Trinajstić information content (AvgIpc) is 2.78. The molecule has 0 fully saturated rings. The molecule has 0 bridgehead atoms. The molecule has 0 aliphatic heterocycles. The average molecular weight is 364 g/mol. The molecule has 14 heavy (non-hydrogen) atoms. The molecule has 0 aromatic carbocycles. The second kappa shape index (κ2) is 3.59. The Hall–Kier alpha value is -1.07. The Morgan fingerprint density at radius 1 is 1.50 bits per heavy atom. The number of nitroso groups, excluding NO2 is 1. The Morgan fingerprint density at radius 2 is 2.14 bits per heavy atom. The van der Waals surface area contributed by atoms with Gasteiger partial charge in [0, 0.05) is 0 Å². The van der Waals surface area contributed by atoms with Crippen molar-refractivity contribution in [3.63, 3.8) is 0 Å². The number of rotatable bonds is 3. The van der Waals surface area contributed by atoms with Gasteiger partial charge in [-0.25, -0.2) is 0 Å². The maximum absolute atomic E-state index is 11.0. The van der Waals surface area contributed by atoms with E-state index in [1.807, 2.05) is 0 Å². The van der Waals surface area contributed by atoms with Crippen LogP contribution in [0.4, 0.5) is 0 Å². The Balaban J connectivity index is 3.74. The first kappa shape index (κ1) is 11.0. The fraction of sp³-hybridized carbons (Fsp3) is 0.333. The molecule has 0 atom stereocenters. The Labute approximate surface area is 81.4 Å². The van der Waals surface area contributed by atoms with Crippen LogP contribution in [0.1, 0.15) is 13.3 Å². The van der Waals surface area contributed by atoms with Gasteiger partial charge in [0.25, 0.3) is 0 Å². The van der Waals surface area contributed by atoms with Crippen molar-refractivity contribution in [2.24, 2.45) is 3.74 Å². The van der Waals surface area contributed by atoms with Crippen molar-refractivity contribution in [1.82, 2.24) is 0 Å². The van der Waals surface area contributed by atoms with Crippen LogP contribution < -0.4 is 0 Å². The van der Waals surface area contributed by atoms with Crippen LogP contribution in [0.5, 0.6) is 0 Å². The molecule has 0 radical (unpaired) electrons. The van der Waals surface area contributed by atoms with Crippen LogP contribution >= 0.6 is 0 Å². The number of hydrogen-bond donors (Lipinski definition) is 0. The summed E-state index contributed by atoms with van der Waals surface area (Å²) in [6.45, 7) is 1.63. The summed E-state index contributed by atoms with van der Waals surface area (Å²) < 4.78 is 6.77. The fourth-order valence-electron chi connectivity index (χ4n) is 1.31. The van der Waals surface area contributed by atoms with Crippen molar-refractivity contribution in [3.05, 3.63) is 27.1 Å². The number of hydrogen-bond acceptors (Lipinski definition) is 4. The van der Waals surface area contributed by atoms with Crippen LogP contribution in [-0.2, 0) is 23.7 Å². The van der Waals surface area contributed by atoms with E-state index in [0.717, 1.165) is 0 Å². The van der Waals surface area contributed by atoms with E-state index >= 15 is 0 Å². The van der Waals surface area contributed by atoms with Gasteiger partial charge in [-0.2, -0.15) is 0 Å². The molecule has 0 N–H and O–H groups in total. The van der Waals surface area contributed by atoms with Gasteiger partial charge < -0.3 is 0 Å². The van der Waals surface area contributed by atoms with E-state index in [0.29, 0.717) is 10.4 Å². The van der Waals surface area contributed by atoms with Gasteiger partial charge in [-0.15, -0.1) is 0 Å². The molecule has 0 spiro atoms. The molecule has 0 aromatic heterocycles. The van der Waals surface area contributed by atoms with E-state index in [9.17, 15) is 14.5 Å². The molecule has 75 valence electrons. The van der Waals surface area contributed by atoms with Gasteiger partial charge in [0.15, 0.2) is 0 Å². The molecular formula is C9H10NO3W. The number of allylic oxidation sites excluding steroid dienone is 4. The van der Waals surface area contributed by atoms with E-state index in [1.54, 1.807) is 33.7 Å². The van der Waals surface area contributed by atoms with E-state index < -0.39 is 14.1 Å². The zero-order chi connectivity index (χ0) is 10.7. The molecule has 1 aliphatic rings. The van der Waals surface area contributed by atoms with Crippen molar-refractivity contribution in [1.29, 1.82) is 0 Å². The van der Waals surface area contributed by atoms with E-state index in [1.165, 1.54) is 0 Å². The molecule has 1 aliphatic carbocycles. The SMILES string of the molecule is C[CH2][W](=[C]=O)(=[C]=O)([N]=O)[C]1=CC=CC1. The van der Waals surface area contributed by atoms with E-state index in [-0.39, 0.29) is 4.81 Å². The van der Waals surface area contributed by atoms with E-state index in [2.05, 4.69) is 3.74 Å². The molecule has 0 heterocycles. The summed E-state index contributed by atoms with van der Waals surface area (Å²) in [5.74, 6) is 0. The van der Waals surface area contributed by atoms with Gasteiger partial charge in [0.1, 0.15) is 0 Å². The first-order valence-electron chi connectivity index (χ1n) is 4.10. The maximum atomic E-state index is 11.0. The van der Waals surface area contributed by atoms with Crippen LogP contribution in [0.3, 0.4) is 0 Å². The van der Waals surface area contributed by atoms with Crippen LogP contribution in [0.15, 0.2) is 25.9 Å². The summed E-state index contributed by atoms with van der Waals surface area (Å²) in [7, 11) is 0. The first-order chi connectivity index (χ1) is 6.67. The van der Waals surface area contributed by atoms with Gasteiger partial charge in [-0.3, -0.25) is 0 Å². The second-order valence-electron chi connectivity index (χ2n) is 2.94. The van der Waals surface area contributed by atoms with Gasteiger partial charge in [-0.1, -0.05) is 0 Å². The minimum atomic E-state index is -4.97. The van der Waals surface area contributed by atoms with Crippen LogP contribution in [-0.4, -0.2) is 8.53 Å². The standard InChI is InChI=1S/C5H5.C2H5.2CO.NO.W/c1-2-4-5-3-1;4*1-2;/h1-3H,4H2;1H2,2H3;;;;/q;;;;-1;+1. The van der Waals surface area contributed by atoms with Gasteiger partial charge >= 0.3 is 81.2 Å². The van der Waals surface area contributed by atoms with Gasteiger partial charge in [0.2, 0.25) is 0 Å². The molecule has 0 aromatic rings. The second-order valence-corrected chi connectivity index (χ2v) is 16.8. The molecule has 0 unspecified atom stereocenters. The summed E-state index contributed by atoms with van der Waals surface area (Å²) in [4.78, 5) is 33.0. The first-order valence-corrected chi connectivity index (χ1v) is 11.9. The quantitative estimate of drug-likeness (QED) is 0.718. The normalized spacial score (nSPS) is 17.5. The van der Waals surface area contributed by atoms with Crippen molar-refractivity contribution in [2.45, 2.75) is 18.2 Å². The zero-order valence-corrected chi connectivity index (χ0v) is 10.7. The molecule has 0 amide bonds. The third-order valence-corrected chi connectivity index (χ3v) is 15.3. The Bertz CT molecular complexity index is 498. The monoisotopic (exact) mass is 364 g/mol. The fourth-order valence-corrected chi connectivity index (χ4v) is 8.29. The Morgan fingerprint density at radius 3 is 2.43 bits per heavy atom. The van der Waals surface area contributed by atoms with Crippen molar-refractivity contribution < 1.29 is 23.7 Å². The van der Waals surface area contributed by atoms with Crippen LogP contribution in [0, 0.1) is 4.91 Å². The summed E-state index contributed by atoms with van der Waals surface area (Å²) in [6.07, 6.45) is 5.59. The summed E-state index contributed by atoms with van der Waals surface area (Å²) in [6, 6.07) is 0. The molecular weight excluding hydrogens is 354 g/mol.